The molecular formula is C11H20N2O5. The van der Waals surface area contributed by atoms with Crippen molar-refractivity contribution in [2.45, 2.75) is 19.8 Å². The first kappa shape index (κ1) is 16.4. The third kappa shape index (κ3) is 9.59. The van der Waals surface area contributed by atoms with Gasteiger partial charge in [-0.25, -0.2) is 0 Å². The van der Waals surface area contributed by atoms with E-state index in [4.69, 9.17) is 9.84 Å². The number of carboxylic acid groups (broad SMARTS) is 1. The summed E-state index contributed by atoms with van der Waals surface area (Å²) >= 11 is 0. The van der Waals surface area contributed by atoms with Crippen LogP contribution in [0.25, 0.3) is 0 Å². The molecule has 0 rings (SSSR count). The molecule has 0 radical (unpaired) electrons. The van der Waals surface area contributed by atoms with Crippen molar-refractivity contribution in [1.29, 1.82) is 0 Å². The van der Waals surface area contributed by atoms with E-state index in [2.05, 4.69) is 10.6 Å². The van der Waals surface area contributed by atoms with Crippen LogP contribution in [0.5, 0.6) is 0 Å². The summed E-state index contributed by atoms with van der Waals surface area (Å²) in [5.74, 6) is -1.82. The maximum Gasteiger partial charge on any atom is 0.303 e. The van der Waals surface area contributed by atoms with Crippen LogP contribution >= 0.6 is 0 Å². The van der Waals surface area contributed by atoms with Gasteiger partial charge in [0.05, 0.1) is 13.2 Å². The van der Waals surface area contributed by atoms with Gasteiger partial charge in [0.1, 0.15) is 0 Å². The van der Waals surface area contributed by atoms with Crippen LogP contribution in [0.1, 0.15) is 19.8 Å². The lowest BCUT2D eigenvalue weighted by Crippen LogP contribution is -2.38. The first-order chi connectivity index (χ1) is 8.45. The fourth-order valence-corrected chi connectivity index (χ4v) is 1.29. The Balaban J connectivity index is 3.69. The highest BCUT2D eigenvalue weighted by atomic mass is 16.5. The Morgan fingerprint density at radius 3 is 2.39 bits per heavy atom. The first-order valence-electron chi connectivity index (χ1n) is 5.69. The van der Waals surface area contributed by atoms with Crippen molar-refractivity contribution in [2.75, 3.05) is 26.8 Å². The Kier molecular flexibility index (Phi) is 8.55. The van der Waals surface area contributed by atoms with E-state index in [1.54, 1.807) is 6.92 Å². The summed E-state index contributed by atoms with van der Waals surface area (Å²) in [4.78, 5) is 33.0. The van der Waals surface area contributed by atoms with E-state index in [0.717, 1.165) is 0 Å². The number of hydrogen-bond acceptors (Lipinski definition) is 4. The molecule has 0 bridgehead atoms. The van der Waals surface area contributed by atoms with E-state index < -0.39 is 5.97 Å². The number of hydrogen-bond donors (Lipinski definition) is 3. The molecule has 3 N–H and O–H groups in total. The van der Waals surface area contributed by atoms with E-state index in [1.807, 2.05) is 0 Å². The van der Waals surface area contributed by atoms with Crippen molar-refractivity contribution in [3.05, 3.63) is 0 Å². The number of rotatable bonds is 9. The lowest BCUT2D eigenvalue weighted by molar-refractivity contribution is -0.138. The topological polar surface area (TPSA) is 105 Å². The fourth-order valence-electron chi connectivity index (χ4n) is 1.29. The summed E-state index contributed by atoms with van der Waals surface area (Å²) in [7, 11) is 1.53. The van der Waals surface area contributed by atoms with Gasteiger partial charge in [-0.15, -0.1) is 0 Å². The SMILES string of the molecule is COCCNC(=O)CNC(=O)CC(C)CC(=O)O. The molecule has 104 valence electrons. The van der Waals surface area contributed by atoms with Gasteiger partial charge >= 0.3 is 5.97 Å². The minimum absolute atomic E-state index is 0.0620. The summed E-state index contributed by atoms with van der Waals surface area (Å²) in [6.07, 6.45) is 0.0328. The zero-order chi connectivity index (χ0) is 14.0. The molecule has 1 atom stereocenters. The van der Waals surface area contributed by atoms with Gasteiger partial charge in [-0.3, -0.25) is 14.4 Å². The summed E-state index contributed by atoms with van der Waals surface area (Å²) in [6.45, 7) is 2.37. The van der Waals surface area contributed by atoms with Gasteiger partial charge in [0.25, 0.3) is 0 Å². The standard InChI is InChI=1S/C11H20N2O5/c1-8(6-11(16)17)5-9(14)13-7-10(15)12-3-4-18-2/h8H,3-7H2,1-2H3,(H,12,15)(H,13,14)(H,16,17). The van der Waals surface area contributed by atoms with Gasteiger partial charge in [-0.2, -0.15) is 0 Å². The Bertz CT molecular complexity index is 293. The molecule has 0 aliphatic heterocycles. The fraction of sp³-hybridized carbons (Fsp3) is 0.727. The molecule has 7 nitrogen and oxygen atoms in total. The van der Waals surface area contributed by atoms with E-state index in [9.17, 15) is 14.4 Å². The number of ether oxygens (including phenoxy) is 1. The predicted octanol–water partition coefficient (Wildman–Crippen LogP) is -0.634. The van der Waals surface area contributed by atoms with Crippen LogP contribution in [0.3, 0.4) is 0 Å². The average molecular weight is 260 g/mol. The monoisotopic (exact) mass is 260 g/mol. The Morgan fingerprint density at radius 2 is 1.83 bits per heavy atom. The van der Waals surface area contributed by atoms with Crippen LogP contribution in [-0.4, -0.2) is 49.7 Å². The second kappa shape index (κ2) is 9.41. The van der Waals surface area contributed by atoms with E-state index >= 15 is 0 Å². The van der Waals surface area contributed by atoms with Crippen molar-refractivity contribution >= 4 is 17.8 Å². The molecule has 18 heavy (non-hydrogen) atoms. The number of aliphatic carboxylic acids is 1. The maximum atomic E-state index is 11.4. The lowest BCUT2D eigenvalue weighted by Gasteiger charge is -2.09. The molecule has 0 aromatic rings. The lowest BCUT2D eigenvalue weighted by atomic mass is 10.0. The molecular weight excluding hydrogens is 240 g/mol. The molecule has 0 spiro atoms. The zero-order valence-electron chi connectivity index (χ0n) is 10.7. The highest BCUT2D eigenvalue weighted by Crippen LogP contribution is 2.06. The van der Waals surface area contributed by atoms with E-state index in [-0.39, 0.29) is 37.1 Å². The van der Waals surface area contributed by atoms with Crippen molar-refractivity contribution in [3.8, 4) is 0 Å². The Hall–Kier alpha value is -1.63. The highest BCUT2D eigenvalue weighted by molar-refractivity contribution is 5.84. The van der Waals surface area contributed by atoms with Crippen LogP contribution in [0.15, 0.2) is 0 Å². The molecule has 0 aliphatic rings. The van der Waals surface area contributed by atoms with Crippen molar-refractivity contribution in [1.82, 2.24) is 10.6 Å². The number of nitrogens with one attached hydrogen (secondary N) is 2. The van der Waals surface area contributed by atoms with Gasteiger partial charge < -0.3 is 20.5 Å². The van der Waals surface area contributed by atoms with Crippen LogP contribution in [0.2, 0.25) is 0 Å². The molecule has 1 unspecified atom stereocenters. The quantitative estimate of drug-likeness (QED) is 0.479. The maximum absolute atomic E-state index is 11.4. The molecule has 0 aliphatic carbocycles. The van der Waals surface area contributed by atoms with Crippen LogP contribution in [0.4, 0.5) is 0 Å². The minimum Gasteiger partial charge on any atom is -0.481 e. The first-order valence-corrected chi connectivity index (χ1v) is 5.69. The molecule has 0 saturated carbocycles. The highest BCUT2D eigenvalue weighted by Gasteiger charge is 2.13. The molecule has 2 amide bonds. The second-order valence-electron chi connectivity index (χ2n) is 4.03. The second-order valence-corrected chi connectivity index (χ2v) is 4.03. The van der Waals surface area contributed by atoms with Crippen LogP contribution < -0.4 is 10.6 Å². The van der Waals surface area contributed by atoms with Gasteiger partial charge in [0.15, 0.2) is 0 Å². The minimum atomic E-state index is -0.937. The van der Waals surface area contributed by atoms with Gasteiger partial charge in [-0.1, -0.05) is 6.92 Å². The number of amides is 2. The van der Waals surface area contributed by atoms with Crippen molar-refractivity contribution < 1.29 is 24.2 Å². The third-order valence-electron chi connectivity index (χ3n) is 2.13. The van der Waals surface area contributed by atoms with E-state index in [1.165, 1.54) is 7.11 Å². The largest absolute Gasteiger partial charge is 0.481 e. The molecule has 0 heterocycles. The van der Waals surface area contributed by atoms with Gasteiger partial charge in [0.2, 0.25) is 11.8 Å². The molecule has 7 heteroatoms. The summed E-state index contributed by atoms with van der Waals surface area (Å²) in [5, 5.41) is 13.5. The van der Waals surface area contributed by atoms with Crippen LogP contribution in [0, 0.1) is 5.92 Å². The van der Waals surface area contributed by atoms with Crippen molar-refractivity contribution in [2.24, 2.45) is 5.92 Å². The molecule has 0 aromatic carbocycles. The number of carbonyl (C=O) groups is 3. The Labute approximate surface area is 106 Å². The summed E-state index contributed by atoms with van der Waals surface area (Å²) in [5.41, 5.74) is 0. The van der Waals surface area contributed by atoms with Crippen molar-refractivity contribution in [3.63, 3.8) is 0 Å². The Morgan fingerprint density at radius 1 is 1.17 bits per heavy atom. The van der Waals surface area contributed by atoms with Gasteiger partial charge in [-0.05, 0) is 5.92 Å². The molecule has 0 fully saturated rings. The number of carbonyl (C=O) groups excluding carboxylic acids is 2. The smallest absolute Gasteiger partial charge is 0.303 e. The molecule has 0 aromatic heterocycles. The predicted molar refractivity (Wildman–Crippen MR) is 63.9 cm³/mol. The summed E-state index contributed by atoms with van der Waals surface area (Å²) < 4.78 is 4.75. The van der Waals surface area contributed by atoms with Gasteiger partial charge in [0, 0.05) is 26.5 Å². The zero-order valence-corrected chi connectivity index (χ0v) is 10.7. The number of carboxylic acids is 1. The molecule has 0 saturated heterocycles. The van der Waals surface area contributed by atoms with E-state index in [0.29, 0.717) is 13.2 Å². The summed E-state index contributed by atoms with van der Waals surface area (Å²) in [6, 6.07) is 0. The normalized spacial score (nSPS) is 11.7. The average Bonchev–Trinajstić information content (AvgIpc) is 2.25. The van der Waals surface area contributed by atoms with Crippen LogP contribution in [-0.2, 0) is 19.1 Å². The third-order valence-corrected chi connectivity index (χ3v) is 2.13. The number of methoxy groups -OCH3 is 1.